The quantitative estimate of drug-likeness (QED) is 0.370. The van der Waals surface area contributed by atoms with Crippen LogP contribution in [0, 0.1) is 13.8 Å². The van der Waals surface area contributed by atoms with Gasteiger partial charge in [0, 0.05) is 12.2 Å². The van der Waals surface area contributed by atoms with Gasteiger partial charge in [-0.1, -0.05) is 35.9 Å². The van der Waals surface area contributed by atoms with E-state index in [2.05, 4.69) is 52.4 Å². The zero-order valence-electron chi connectivity index (χ0n) is 17.9. The Morgan fingerprint density at radius 2 is 1.74 bits per heavy atom. The van der Waals surface area contributed by atoms with Crippen LogP contribution < -0.4 is 14.8 Å². The zero-order valence-corrected chi connectivity index (χ0v) is 19.5. The summed E-state index contributed by atoms with van der Waals surface area (Å²) in [5, 5.41) is 12.6. The maximum atomic E-state index is 11.3. The van der Waals surface area contributed by atoms with Gasteiger partial charge in [-0.15, -0.1) is 0 Å². The van der Waals surface area contributed by atoms with E-state index in [-0.39, 0.29) is 5.56 Å². The van der Waals surface area contributed by atoms with E-state index >= 15 is 0 Å². The Kier molecular flexibility index (Phi) is 7.58. The van der Waals surface area contributed by atoms with Gasteiger partial charge in [-0.2, -0.15) is 0 Å². The van der Waals surface area contributed by atoms with E-state index < -0.39 is 5.97 Å². The van der Waals surface area contributed by atoms with Crippen LogP contribution >= 0.6 is 15.9 Å². The summed E-state index contributed by atoms with van der Waals surface area (Å²) in [5.41, 5.74) is 5.29. The first-order valence-electron chi connectivity index (χ1n) is 10.1. The average Bonchev–Trinajstić information content (AvgIpc) is 2.74. The number of ether oxygens (including phenoxy) is 2. The van der Waals surface area contributed by atoms with Crippen molar-refractivity contribution in [1.29, 1.82) is 0 Å². The maximum absolute atomic E-state index is 11.3. The minimum atomic E-state index is -0.945. The van der Waals surface area contributed by atoms with Crippen LogP contribution in [0.2, 0.25) is 0 Å². The summed E-state index contributed by atoms with van der Waals surface area (Å²) in [6.07, 6.45) is 0. The maximum Gasteiger partial charge on any atom is 0.335 e. The first kappa shape index (κ1) is 22.7. The molecule has 0 aliphatic heterocycles. The van der Waals surface area contributed by atoms with Crippen LogP contribution in [0.4, 0.5) is 5.69 Å². The van der Waals surface area contributed by atoms with Gasteiger partial charge in [0.25, 0.3) is 0 Å². The molecule has 0 atom stereocenters. The van der Waals surface area contributed by atoms with Crippen LogP contribution in [0.25, 0.3) is 0 Å². The summed E-state index contributed by atoms with van der Waals surface area (Å²) in [5.74, 6) is 0.381. The van der Waals surface area contributed by atoms with Gasteiger partial charge < -0.3 is 19.9 Å². The number of anilines is 1. The predicted molar refractivity (Wildman–Crippen MR) is 126 cm³/mol. The third-order valence-corrected chi connectivity index (χ3v) is 5.43. The third kappa shape index (κ3) is 6.01. The molecule has 0 aromatic heterocycles. The molecular weight excluding hydrogens is 458 g/mol. The zero-order chi connectivity index (χ0) is 22.4. The second-order valence-corrected chi connectivity index (χ2v) is 8.15. The molecule has 0 spiro atoms. The number of carboxylic acids is 1. The van der Waals surface area contributed by atoms with Crippen LogP contribution in [-0.4, -0.2) is 17.7 Å². The molecule has 0 radical (unpaired) electrons. The highest BCUT2D eigenvalue weighted by atomic mass is 79.9. The topological polar surface area (TPSA) is 67.8 Å². The minimum Gasteiger partial charge on any atom is -0.490 e. The van der Waals surface area contributed by atoms with Crippen LogP contribution in [0.15, 0.2) is 59.1 Å². The fourth-order valence-corrected chi connectivity index (χ4v) is 3.71. The second-order valence-electron chi connectivity index (χ2n) is 7.30. The Morgan fingerprint density at radius 1 is 1.00 bits per heavy atom. The van der Waals surface area contributed by atoms with Crippen molar-refractivity contribution < 1.29 is 19.4 Å². The predicted octanol–water partition coefficient (Wildman–Crippen LogP) is 6.35. The Labute approximate surface area is 191 Å². The molecule has 0 amide bonds. The molecule has 31 heavy (non-hydrogen) atoms. The third-order valence-electron chi connectivity index (χ3n) is 4.84. The highest BCUT2D eigenvalue weighted by Gasteiger charge is 2.13. The van der Waals surface area contributed by atoms with Gasteiger partial charge in [-0.25, -0.2) is 4.79 Å². The smallest absolute Gasteiger partial charge is 0.335 e. The molecule has 0 aliphatic carbocycles. The Morgan fingerprint density at radius 3 is 2.42 bits per heavy atom. The van der Waals surface area contributed by atoms with Crippen molar-refractivity contribution in [2.75, 3.05) is 11.9 Å². The van der Waals surface area contributed by atoms with Crippen LogP contribution in [-0.2, 0) is 13.2 Å². The van der Waals surface area contributed by atoms with E-state index in [0.717, 1.165) is 26.9 Å². The summed E-state index contributed by atoms with van der Waals surface area (Å²) in [6.45, 7) is 7.41. The van der Waals surface area contributed by atoms with Crippen LogP contribution in [0.3, 0.4) is 0 Å². The molecule has 3 rings (SSSR count). The van der Waals surface area contributed by atoms with E-state index in [1.807, 2.05) is 26.0 Å². The van der Waals surface area contributed by atoms with E-state index in [4.69, 9.17) is 9.47 Å². The Hall–Kier alpha value is -2.99. The van der Waals surface area contributed by atoms with Gasteiger partial charge in [0.05, 0.1) is 16.6 Å². The molecule has 3 aromatic carbocycles. The number of rotatable bonds is 9. The van der Waals surface area contributed by atoms with Crippen LogP contribution in [0.1, 0.15) is 39.5 Å². The normalized spacial score (nSPS) is 10.6. The van der Waals surface area contributed by atoms with E-state index in [0.29, 0.717) is 31.3 Å². The molecule has 0 heterocycles. The lowest BCUT2D eigenvalue weighted by Crippen LogP contribution is -2.06. The first-order chi connectivity index (χ1) is 14.9. The molecule has 162 valence electrons. The monoisotopic (exact) mass is 483 g/mol. The molecule has 5 nitrogen and oxygen atoms in total. The highest BCUT2D eigenvalue weighted by Crippen LogP contribution is 2.37. The van der Waals surface area contributed by atoms with Gasteiger partial charge in [0.15, 0.2) is 11.5 Å². The molecule has 0 aliphatic rings. The molecule has 0 bridgehead atoms. The molecule has 0 unspecified atom stereocenters. The molecule has 2 N–H and O–H groups in total. The number of benzene rings is 3. The first-order valence-corrected chi connectivity index (χ1v) is 10.9. The summed E-state index contributed by atoms with van der Waals surface area (Å²) in [7, 11) is 0. The fraction of sp³-hybridized carbons (Fsp3) is 0.240. The van der Waals surface area contributed by atoms with E-state index in [9.17, 15) is 9.90 Å². The van der Waals surface area contributed by atoms with Crippen molar-refractivity contribution >= 4 is 27.6 Å². The largest absolute Gasteiger partial charge is 0.490 e. The SMILES string of the molecule is CCOc1cc(CNc2cc(C(=O)O)ccc2C)cc(Br)c1OCc1ccc(C)cc1. The van der Waals surface area contributed by atoms with E-state index in [1.165, 1.54) is 5.56 Å². The minimum absolute atomic E-state index is 0.254. The van der Waals surface area contributed by atoms with Gasteiger partial charge in [-0.3, -0.25) is 0 Å². The second kappa shape index (κ2) is 10.4. The number of aromatic carboxylic acids is 1. The van der Waals surface area contributed by atoms with Gasteiger partial charge in [-0.05, 0) is 77.7 Å². The Bertz CT molecular complexity index is 1060. The fourth-order valence-electron chi connectivity index (χ4n) is 3.11. The van der Waals surface area contributed by atoms with Crippen LogP contribution in [0.5, 0.6) is 11.5 Å². The number of carboxylic acid groups (broad SMARTS) is 1. The summed E-state index contributed by atoms with van der Waals surface area (Å²) < 4.78 is 12.7. The number of halogens is 1. The van der Waals surface area contributed by atoms with E-state index in [1.54, 1.807) is 18.2 Å². The lowest BCUT2D eigenvalue weighted by Gasteiger charge is -2.17. The number of aryl methyl sites for hydroxylation is 2. The lowest BCUT2D eigenvalue weighted by atomic mass is 10.1. The van der Waals surface area contributed by atoms with Crippen molar-refractivity contribution in [1.82, 2.24) is 0 Å². The summed E-state index contributed by atoms with van der Waals surface area (Å²) in [4.78, 5) is 11.3. The molecule has 0 saturated heterocycles. The number of hydrogen-bond acceptors (Lipinski definition) is 4. The summed E-state index contributed by atoms with van der Waals surface area (Å²) >= 11 is 3.61. The number of hydrogen-bond donors (Lipinski definition) is 2. The average molecular weight is 484 g/mol. The highest BCUT2D eigenvalue weighted by molar-refractivity contribution is 9.10. The summed E-state index contributed by atoms with van der Waals surface area (Å²) in [6, 6.07) is 17.2. The standard InChI is InChI=1S/C25H26BrNO4/c1-4-30-23-12-19(14-27-22-13-20(25(28)29)10-7-17(22)3)11-21(26)24(23)31-15-18-8-5-16(2)6-9-18/h5-13,27H,4,14-15H2,1-3H3,(H,28,29). The van der Waals surface area contributed by atoms with Crippen molar-refractivity contribution in [2.24, 2.45) is 0 Å². The molecule has 0 saturated carbocycles. The molecule has 3 aromatic rings. The molecule has 0 fully saturated rings. The number of carbonyl (C=O) groups is 1. The number of nitrogens with one attached hydrogen (secondary N) is 1. The van der Waals surface area contributed by atoms with Gasteiger partial charge in [0.1, 0.15) is 6.61 Å². The molecular formula is C25H26BrNO4. The van der Waals surface area contributed by atoms with Crippen molar-refractivity contribution in [3.63, 3.8) is 0 Å². The van der Waals surface area contributed by atoms with Gasteiger partial charge in [0.2, 0.25) is 0 Å². The Balaban J connectivity index is 1.77. The van der Waals surface area contributed by atoms with Gasteiger partial charge >= 0.3 is 5.97 Å². The molecule has 6 heteroatoms. The van der Waals surface area contributed by atoms with Crippen molar-refractivity contribution in [3.8, 4) is 11.5 Å². The van der Waals surface area contributed by atoms with Crippen molar-refractivity contribution in [3.05, 3.63) is 86.9 Å². The van der Waals surface area contributed by atoms with Crippen molar-refractivity contribution in [2.45, 2.75) is 33.9 Å². The lowest BCUT2D eigenvalue weighted by molar-refractivity contribution is 0.0697.